The van der Waals surface area contributed by atoms with E-state index in [1.165, 1.54) is 0 Å². The Morgan fingerprint density at radius 2 is 1.95 bits per heavy atom. The molecule has 106 valence electrons. The largest absolute Gasteiger partial charge is 0.433 e. The molecule has 1 aliphatic carbocycles. The van der Waals surface area contributed by atoms with Gasteiger partial charge in [0.25, 0.3) is 0 Å². The smallest absolute Gasteiger partial charge is 0.354 e. The van der Waals surface area contributed by atoms with Crippen LogP contribution in [-0.2, 0) is 6.18 Å². The van der Waals surface area contributed by atoms with Gasteiger partial charge < -0.3 is 11.1 Å². The summed E-state index contributed by atoms with van der Waals surface area (Å²) in [7, 11) is 0. The summed E-state index contributed by atoms with van der Waals surface area (Å²) in [6, 6.07) is 1.13. The van der Waals surface area contributed by atoms with Crippen molar-refractivity contribution in [1.82, 2.24) is 9.97 Å². The molecule has 4 nitrogen and oxygen atoms in total. The van der Waals surface area contributed by atoms with Crippen LogP contribution >= 0.6 is 0 Å². The van der Waals surface area contributed by atoms with Crippen molar-refractivity contribution in [3.05, 3.63) is 18.0 Å². The third-order valence-corrected chi connectivity index (χ3v) is 3.39. The molecule has 0 aliphatic heterocycles. The Hall–Kier alpha value is -1.37. The van der Waals surface area contributed by atoms with Gasteiger partial charge in [0.05, 0.1) is 0 Å². The van der Waals surface area contributed by atoms with Crippen molar-refractivity contribution in [2.75, 3.05) is 11.9 Å². The standard InChI is InChI=1S/C12H17F3N4/c13-12(14,15)10-5-6-17-11(19-10)18-7-8-1-3-9(16)4-2-8/h5-6,8-9H,1-4,7,16H2,(H,17,18,19). The van der Waals surface area contributed by atoms with Gasteiger partial charge in [-0.05, 0) is 37.7 Å². The Kier molecular flexibility index (Phi) is 4.24. The number of alkyl halides is 3. The zero-order chi connectivity index (χ0) is 13.9. The predicted octanol–water partition coefficient (Wildman–Crippen LogP) is 2.42. The van der Waals surface area contributed by atoms with Gasteiger partial charge in [0.15, 0.2) is 0 Å². The highest BCUT2D eigenvalue weighted by atomic mass is 19.4. The second-order valence-electron chi connectivity index (χ2n) is 4.92. The molecular weight excluding hydrogens is 257 g/mol. The van der Waals surface area contributed by atoms with E-state index in [0.29, 0.717) is 12.5 Å². The lowest BCUT2D eigenvalue weighted by atomic mass is 9.86. The topological polar surface area (TPSA) is 63.8 Å². The zero-order valence-electron chi connectivity index (χ0n) is 10.5. The number of hydrogen-bond donors (Lipinski definition) is 2. The van der Waals surface area contributed by atoms with Crippen LogP contribution in [0.1, 0.15) is 31.4 Å². The maximum absolute atomic E-state index is 12.5. The monoisotopic (exact) mass is 274 g/mol. The zero-order valence-corrected chi connectivity index (χ0v) is 10.5. The summed E-state index contributed by atoms with van der Waals surface area (Å²) in [6.07, 6.45) is 0.609. The average Bonchev–Trinajstić information content (AvgIpc) is 2.37. The molecule has 0 bridgehead atoms. The van der Waals surface area contributed by atoms with Crippen molar-refractivity contribution in [3.8, 4) is 0 Å². The van der Waals surface area contributed by atoms with E-state index in [1.54, 1.807) is 0 Å². The molecule has 0 amide bonds. The second kappa shape index (κ2) is 5.73. The molecule has 1 fully saturated rings. The normalized spacial score (nSPS) is 24.2. The number of nitrogens with two attached hydrogens (primary N) is 1. The number of hydrogen-bond acceptors (Lipinski definition) is 4. The van der Waals surface area contributed by atoms with Crippen LogP contribution in [-0.4, -0.2) is 22.6 Å². The van der Waals surface area contributed by atoms with Crippen LogP contribution in [0, 0.1) is 5.92 Å². The van der Waals surface area contributed by atoms with Crippen LogP contribution in [0.25, 0.3) is 0 Å². The Morgan fingerprint density at radius 1 is 1.26 bits per heavy atom. The molecule has 3 N–H and O–H groups in total. The lowest BCUT2D eigenvalue weighted by molar-refractivity contribution is -0.141. The minimum Gasteiger partial charge on any atom is -0.354 e. The van der Waals surface area contributed by atoms with Crippen molar-refractivity contribution in [1.29, 1.82) is 0 Å². The van der Waals surface area contributed by atoms with Crippen LogP contribution < -0.4 is 11.1 Å². The Labute approximate surface area is 109 Å². The molecule has 0 atom stereocenters. The number of anilines is 1. The van der Waals surface area contributed by atoms with E-state index in [1.807, 2.05) is 0 Å². The lowest BCUT2D eigenvalue weighted by Gasteiger charge is -2.26. The van der Waals surface area contributed by atoms with Gasteiger partial charge in [-0.25, -0.2) is 9.97 Å². The van der Waals surface area contributed by atoms with Gasteiger partial charge in [0.1, 0.15) is 5.69 Å². The SMILES string of the molecule is NC1CCC(CNc2nccc(C(F)(F)F)n2)CC1. The highest BCUT2D eigenvalue weighted by Gasteiger charge is 2.32. The number of nitrogens with zero attached hydrogens (tertiary/aromatic N) is 2. The molecule has 7 heteroatoms. The summed E-state index contributed by atoms with van der Waals surface area (Å²) in [6.45, 7) is 0.591. The number of rotatable bonds is 3. The van der Waals surface area contributed by atoms with E-state index in [4.69, 9.17) is 5.73 Å². The Morgan fingerprint density at radius 3 is 2.58 bits per heavy atom. The third kappa shape index (κ3) is 4.05. The average molecular weight is 274 g/mol. The number of halogens is 3. The fourth-order valence-electron chi connectivity index (χ4n) is 2.23. The van der Waals surface area contributed by atoms with Gasteiger partial charge in [0, 0.05) is 18.8 Å². The van der Waals surface area contributed by atoms with E-state index in [9.17, 15) is 13.2 Å². The van der Waals surface area contributed by atoms with Crippen LogP contribution in [0.3, 0.4) is 0 Å². The predicted molar refractivity (Wildman–Crippen MR) is 65.5 cm³/mol. The highest BCUT2D eigenvalue weighted by Crippen LogP contribution is 2.28. The Bertz CT molecular complexity index is 414. The first-order chi connectivity index (χ1) is 8.95. The summed E-state index contributed by atoms with van der Waals surface area (Å²) >= 11 is 0. The molecule has 0 saturated heterocycles. The summed E-state index contributed by atoms with van der Waals surface area (Å²) in [4.78, 5) is 7.28. The van der Waals surface area contributed by atoms with E-state index < -0.39 is 11.9 Å². The van der Waals surface area contributed by atoms with Crippen molar-refractivity contribution in [2.24, 2.45) is 11.7 Å². The van der Waals surface area contributed by atoms with Crippen molar-refractivity contribution < 1.29 is 13.2 Å². The van der Waals surface area contributed by atoms with Crippen molar-refractivity contribution in [2.45, 2.75) is 37.9 Å². The molecule has 1 aromatic rings. The van der Waals surface area contributed by atoms with Gasteiger partial charge in [-0.2, -0.15) is 13.2 Å². The van der Waals surface area contributed by atoms with Gasteiger partial charge >= 0.3 is 6.18 Å². The van der Waals surface area contributed by atoms with Crippen molar-refractivity contribution >= 4 is 5.95 Å². The quantitative estimate of drug-likeness (QED) is 0.888. The molecule has 0 aromatic carbocycles. The van der Waals surface area contributed by atoms with E-state index >= 15 is 0 Å². The minimum absolute atomic E-state index is 0.0321. The molecule has 2 rings (SSSR count). The van der Waals surface area contributed by atoms with Gasteiger partial charge in [-0.1, -0.05) is 0 Å². The molecule has 19 heavy (non-hydrogen) atoms. The second-order valence-corrected chi connectivity index (χ2v) is 4.92. The fourth-order valence-corrected chi connectivity index (χ4v) is 2.23. The van der Waals surface area contributed by atoms with Crippen LogP contribution in [0.4, 0.5) is 19.1 Å². The molecule has 0 unspecified atom stereocenters. The molecule has 1 heterocycles. The van der Waals surface area contributed by atoms with Crippen LogP contribution in [0.15, 0.2) is 12.3 Å². The molecule has 1 aromatic heterocycles. The fraction of sp³-hybridized carbons (Fsp3) is 0.667. The van der Waals surface area contributed by atoms with E-state index in [0.717, 1.165) is 37.9 Å². The summed E-state index contributed by atoms with van der Waals surface area (Å²) in [5.74, 6) is 0.461. The third-order valence-electron chi connectivity index (χ3n) is 3.39. The minimum atomic E-state index is -4.43. The molecule has 1 aliphatic rings. The highest BCUT2D eigenvalue weighted by molar-refractivity contribution is 5.26. The number of aromatic nitrogens is 2. The van der Waals surface area contributed by atoms with Gasteiger partial charge in [0.2, 0.25) is 5.95 Å². The van der Waals surface area contributed by atoms with Crippen LogP contribution in [0.5, 0.6) is 0 Å². The molecule has 1 saturated carbocycles. The maximum atomic E-state index is 12.5. The molecular formula is C12H17F3N4. The lowest BCUT2D eigenvalue weighted by Crippen LogP contribution is -2.29. The molecule has 0 radical (unpaired) electrons. The summed E-state index contributed by atoms with van der Waals surface area (Å²) in [5.41, 5.74) is 4.88. The van der Waals surface area contributed by atoms with Gasteiger partial charge in [-0.15, -0.1) is 0 Å². The number of nitrogens with one attached hydrogen (secondary N) is 1. The van der Waals surface area contributed by atoms with E-state index in [-0.39, 0.29) is 12.0 Å². The Balaban J connectivity index is 1.89. The summed E-state index contributed by atoms with van der Waals surface area (Å²) in [5, 5.41) is 2.88. The maximum Gasteiger partial charge on any atom is 0.433 e. The van der Waals surface area contributed by atoms with Crippen molar-refractivity contribution in [3.63, 3.8) is 0 Å². The first-order valence-corrected chi connectivity index (χ1v) is 6.35. The first-order valence-electron chi connectivity index (χ1n) is 6.35. The summed E-state index contributed by atoms with van der Waals surface area (Å²) < 4.78 is 37.4. The van der Waals surface area contributed by atoms with Gasteiger partial charge in [-0.3, -0.25) is 0 Å². The molecule has 0 spiro atoms. The first kappa shape index (κ1) is 14.0. The van der Waals surface area contributed by atoms with Crippen LogP contribution in [0.2, 0.25) is 0 Å². The van der Waals surface area contributed by atoms with E-state index in [2.05, 4.69) is 15.3 Å².